The molecule has 28 heavy (non-hydrogen) atoms. The maximum atomic E-state index is 12.2. The molecular weight excluding hydrogens is 366 g/mol. The molecule has 1 aliphatic rings. The average Bonchev–Trinajstić information content (AvgIpc) is 3.04. The molecule has 1 fully saturated rings. The van der Waals surface area contributed by atoms with Gasteiger partial charge in [-0.25, -0.2) is 0 Å². The van der Waals surface area contributed by atoms with Crippen molar-refractivity contribution >= 4 is 29.3 Å². The van der Waals surface area contributed by atoms with E-state index >= 15 is 0 Å². The van der Waals surface area contributed by atoms with Crippen LogP contribution in [0.5, 0.6) is 5.75 Å². The van der Waals surface area contributed by atoms with Gasteiger partial charge in [0, 0.05) is 55.4 Å². The number of aryl methyl sites for hydroxylation is 1. The Morgan fingerprint density at radius 2 is 1.93 bits per heavy atom. The predicted octanol–water partition coefficient (Wildman–Crippen LogP) is 1.02. The van der Waals surface area contributed by atoms with Gasteiger partial charge in [0.15, 0.2) is 0 Å². The number of carboxylic acids is 2. The van der Waals surface area contributed by atoms with Crippen molar-refractivity contribution in [3.05, 3.63) is 30.0 Å². The Hall–Kier alpha value is -3.07. The topological polar surface area (TPSA) is 112 Å². The SMILES string of the molecule is COc1ccc2c(c1)c([C@@H](C(=O)O)N1CCN(C=O)CC1)cn2CCC(=O)O. The molecule has 0 saturated carbocycles. The van der Waals surface area contributed by atoms with Crippen LogP contribution in [0.15, 0.2) is 24.4 Å². The number of carbonyl (C=O) groups excluding carboxylic acids is 1. The molecule has 1 amide bonds. The van der Waals surface area contributed by atoms with Crippen LogP contribution in [-0.4, -0.2) is 76.2 Å². The lowest BCUT2D eigenvalue weighted by molar-refractivity contribution is -0.144. The molecule has 0 bridgehead atoms. The largest absolute Gasteiger partial charge is 0.497 e. The van der Waals surface area contributed by atoms with Gasteiger partial charge >= 0.3 is 11.9 Å². The van der Waals surface area contributed by atoms with Gasteiger partial charge in [0.2, 0.25) is 6.41 Å². The van der Waals surface area contributed by atoms with Gasteiger partial charge in [0.05, 0.1) is 13.5 Å². The van der Waals surface area contributed by atoms with Crippen LogP contribution in [0.1, 0.15) is 18.0 Å². The van der Waals surface area contributed by atoms with Crippen molar-refractivity contribution in [2.75, 3.05) is 33.3 Å². The zero-order valence-electron chi connectivity index (χ0n) is 15.6. The Kier molecular flexibility index (Phi) is 5.84. The second kappa shape index (κ2) is 8.30. The highest BCUT2D eigenvalue weighted by Gasteiger charge is 2.32. The Bertz CT molecular complexity index is 885. The number of aliphatic carboxylic acids is 2. The lowest BCUT2D eigenvalue weighted by Crippen LogP contribution is -2.48. The number of hydrogen-bond acceptors (Lipinski definition) is 5. The van der Waals surface area contributed by atoms with E-state index in [0.717, 1.165) is 17.3 Å². The number of nitrogens with zero attached hydrogens (tertiary/aromatic N) is 3. The first-order chi connectivity index (χ1) is 13.4. The zero-order valence-corrected chi connectivity index (χ0v) is 15.6. The molecule has 0 unspecified atom stereocenters. The maximum Gasteiger partial charge on any atom is 0.325 e. The summed E-state index contributed by atoms with van der Waals surface area (Å²) in [6.07, 6.45) is 2.43. The van der Waals surface area contributed by atoms with E-state index in [0.29, 0.717) is 37.5 Å². The van der Waals surface area contributed by atoms with Gasteiger partial charge in [-0.2, -0.15) is 0 Å². The number of benzene rings is 1. The Morgan fingerprint density at radius 1 is 1.21 bits per heavy atom. The minimum atomic E-state index is -0.986. The number of methoxy groups -OCH3 is 1. The number of carbonyl (C=O) groups is 3. The minimum absolute atomic E-state index is 0.0645. The summed E-state index contributed by atoms with van der Waals surface area (Å²) in [5.74, 6) is -1.31. The van der Waals surface area contributed by atoms with Gasteiger partial charge in [0.1, 0.15) is 11.8 Å². The number of piperazine rings is 1. The zero-order chi connectivity index (χ0) is 20.3. The summed E-state index contributed by atoms with van der Waals surface area (Å²) < 4.78 is 7.06. The normalized spacial score (nSPS) is 16.1. The van der Waals surface area contributed by atoms with Gasteiger partial charge in [-0.1, -0.05) is 0 Å². The van der Waals surface area contributed by atoms with Crippen LogP contribution in [0, 0.1) is 0 Å². The summed E-state index contributed by atoms with van der Waals surface area (Å²) >= 11 is 0. The molecule has 0 radical (unpaired) electrons. The van der Waals surface area contributed by atoms with E-state index in [1.54, 1.807) is 27.8 Å². The predicted molar refractivity (Wildman–Crippen MR) is 100 cm³/mol. The van der Waals surface area contributed by atoms with Crippen LogP contribution >= 0.6 is 0 Å². The second-order valence-corrected chi connectivity index (χ2v) is 6.72. The Balaban J connectivity index is 2.03. The molecule has 2 heterocycles. The van der Waals surface area contributed by atoms with Crippen molar-refractivity contribution in [3.8, 4) is 5.75 Å². The highest BCUT2D eigenvalue weighted by atomic mass is 16.5. The van der Waals surface area contributed by atoms with Crippen molar-refractivity contribution in [2.24, 2.45) is 0 Å². The summed E-state index contributed by atoms with van der Waals surface area (Å²) in [5, 5.41) is 19.7. The molecule has 1 saturated heterocycles. The minimum Gasteiger partial charge on any atom is -0.497 e. The highest BCUT2D eigenvalue weighted by Crippen LogP contribution is 2.33. The van der Waals surface area contributed by atoms with E-state index in [2.05, 4.69) is 0 Å². The van der Waals surface area contributed by atoms with Crippen molar-refractivity contribution < 1.29 is 29.3 Å². The fourth-order valence-electron chi connectivity index (χ4n) is 3.64. The van der Waals surface area contributed by atoms with Crippen LogP contribution in [0.3, 0.4) is 0 Å². The molecule has 150 valence electrons. The Morgan fingerprint density at radius 3 is 2.50 bits per heavy atom. The first-order valence-corrected chi connectivity index (χ1v) is 8.99. The number of aromatic nitrogens is 1. The third-order valence-corrected chi connectivity index (χ3v) is 5.08. The van der Waals surface area contributed by atoms with Crippen LogP contribution in [0.25, 0.3) is 10.9 Å². The monoisotopic (exact) mass is 389 g/mol. The van der Waals surface area contributed by atoms with Gasteiger partial charge in [-0.3, -0.25) is 19.3 Å². The molecule has 0 spiro atoms. The van der Waals surface area contributed by atoms with E-state index in [1.807, 2.05) is 11.0 Å². The standard InChI is InChI=1S/C19H23N3O6/c1-28-13-2-3-16-14(10-13)15(11-22(16)5-4-17(24)25)18(19(26)27)21-8-6-20(12-23)7-9-21/h2-3,10-12,18H,4-9H2,1H3,(H,24,25)(H,26,27)/t18-/m0/s1. The molecule has 2 N–H and O–H groups in total. The highest BCUT2D eigenvalue weighted by molar-refractivity contribution is 5.90. The summed E-state index contributed by atoms with van der Waals surface area (Å²) in [6.45, 7) is 2.06. The van der Waals surface area contributed by atoms with Gasteiger partial charge in [0.25, 0.3) is 0 Å². The smallest absolute Gasteiger partial charge is 0.325 e. The first kappa shape index (κ1) is 19.7. The molecule has 1 atom stereocenters. The molecule has 1 aliphatic heterocycles. The van der Waals surface area contributed by atoms with Crippen molar-refractivity contribution in [2.45, 2.75) is 19.0 Å². The van der Waals surface area contributed by atoms with Gasteiger partial charge in [-0.05, 0) is 18.2 Å². The molecule has 0 aliphatic carbocycles. The van der Waals surface area contributed by atoms with Crippen molar-refractivity contribution in [3.63, 3.8) is 0 Å². The summed E-state index contributed by atoms with van der Waals surface area (Å²) in [4.78, 5) is 37.6. The quantitative estimate of drug-likeness (QED) is 0.648. The van der Waals surface area contributed by atoms with E-state index in [-0.39, 0.29) is 13.0 Å². The number of rotatable bonds is 8. The lowest BCUT2D eigenvalue weighted by Gasteiger charge is -2.36. The van der Waals surface area contributed by atoms with Crippen molar-refractivity contribution in [1.29, 1.82) is 0 Å². The number of carboxylic acid groups (broad SMARTS) is 2. The van der Waals surface area contributed by atoms with Crippen LogP contribution in [-0.2, 0) is 20.9 Å². The van der Waals surface area contributed by atoms with E-state index < -0.39 is 18.0 Å². The third kappa shape index (κ3) is 3.94. The lowest BCUT2D eigenvalue weighted by atomic mass is 10.0. The molecule has 3 rings (SSSR count). The summed E-state index contributed by atoms with van der Waals surface area (Å²) in [5.41, 5.74) is 1.35. The van der Waals surface area contributed by atoms with E-state index in [4.69, 9.17) is 9.84 Å². The van der Waals surface area contributed by atoms with Crippen molar-refractivity contribution in [1.82, 2.24) is 14.4 Å². The average molecular weight is 389 g/mol. The molecule has 1 aromatic heterocycles. The maximum absolute atomic E-state index is 12.2. The molecule has 9 nitrogen and oxygen atoms in total. The van der Waals surface area contributed by atoms with Crippen LogP contribution in [0.2, 0.25) is 0 Å². The third-order valence-electron chi connectivity index (χ3n) is 5.08. The van der Waals surface area contributed by atoms with Gasteiger partial charge in [-0.15, -0.1) is 0 Å². The van der Waals surface area contributed by atoms with E-state index in [9.17, 15) is 19.5 Å². The molecule has 1 aromatic carbocycles. The summed E-state index contributed by atoms with van der Waals surface area (Å²) in [7, 11) is 1.54. The number of amides is 1. The fraction of sp³-hybridized carbons (Fsp3) is 0.421. The second-order valence-electron chi connectivity index (χ2n) is 6.72. The van der Waals surface area contributed by atoms with Gasteiger partial charge < -0.3 is 24.4 Å². The molecule has 9 heteroatoms. The Labute approximate surface area is 161 Å². The summed E-state index contributed by atoms with van der Waals surface area (Å²) in [6, 6.07) is 4.46. The number of fused-ring (bicyclic) bond motifs is 1. The molecule has 2 aromatic rings. The van der Waals surface area contributed by atoms with Crippen LogP contribution in [0.4, 0.5) is 0 Å². The van der Waals surface area contributed by atoms with Crippen LogP contribution < -0.4 is 4.74 Å². The number of hydrogen-bond donors (Lipinski definition) is 2. The fourth-order valence-corrected chi connectivity index (χ4v) is 3.64. The number of ether oxygens (including phenoxy) is 1. The van der Waals surface area contributed by atoms with E-state index in [1.165, 1.54) is 7.11 Å². The first-order valence-electron chi connectivity index (χ1n) is 8.99. The molecular formula is C19H23N3O6.